The summed E-state index contributed by atoms with van der Waals surface area (Å²) in [6.07, 6.45) is -2.16. The first kappa shape index (κ1) is 15.7. The number of halogens is 3. The Morgan fingerprint density at radius 3 is 2.04 bits per heavy atom. The highest BCUT2D eigenvalue weighted by molar-refractivity contribution is 5.92. The Morgan fingerprint density at radius 2 is 1.46 bits per heavy atom. The second-order valence-electron chi connectivity index (χ2n) is 4.48. The fraction of sp³-hybridized carbons (Fsp3) is 0.0769. The van der Waals surface area contributed by atoms with E-state index in [9.17, 15) is 13.2 Å². The van der Waals surface area contributed by atoms with Crippen molar-refractivity contribution in [2.45, 2.75) is 6.36 Å². The van der Waals surface area contributed by atoms with E-state index in [4.69, 9.17) is 5.84 Å². The summed E-state index contributed by atoms with van der Waals surface area (Å²) in [7, 11) is 0. The first-order chi connectivity index (χ1) is 11.5. The fourth-order valence-electron chi connectivity index (χ4n) is 1.95. The third-order valence-electron chi connectivity index (χ3n) is 2.91. The van der Waals surface area contributed by atoms with Crippen LogP contribution in [0.3, 0.4) is 0 Å². The number of hydrogen-bond donors (Lipinski definition) is 3. The summed E-state index contributed by atoms with van der Waals surface area (Å²) < 4.78 is 40.3. The van der Waals surface area contributed by atoms with Crippen LogP contribution < -0.4 is 21.3 Å². The average Bonchev–Trinajstić information content (AvgIpc) is 2.55. The van der Waals surface area contributed by atoms with Crippen molar-refractivity contribution >= 4 is 28.4 Å². The van der Waals surface area contributed by atoms with Gasteiger partial charge in [0.1, 0.15) is 29.4 Å². The van der Waals surface area contributed by atoms with Crippen LogP contribution in [0, 0.1) is 0 Å². The first-order valence-corrected chi connectivity index (χ1v) is 6.51. The van der Waals surface area contributed by atoms with Gasteiger partial charge in [0.15, 0.2) is 11.6 Å². The second kappa shape index (κ2) is 6.12. The highest BCUT2D eigenvalue weighted by Gasteiger charge is 2.30. The van der Waals surface area contributed by atoms with E-state index in [2.05, 4.69) is 35.4 Å². The van der Waals surface area contributed by atoms with E-state index in [1.807, 2.05) is 0 Å². The molecule has 0 radical (unpaired) electrons. The molecule has 0 saturated heterocycles. The molecule has 0 aliphatic carbocycles. The molecule has 2 aromatic heterocycles. The molecule has 0 aliphatic heterocycles. The third kappa shape index (κ3) is 3.41. The van der Waals surface area contributed by atoms with E-state index in [-0.39, 0.29) is 5.75 Å². The lowest BCUT2D eigenvalue weighted by atomic mass is 10.3. The van der Waals surface area contributed by atoms with Gasteiger partial charge in [-0.3, -0.25) is 0 Å². The predicted octanol–water partition coefficient (Wildman–Crippen LogP) is 2.35. The van der Waals surface area contributed by atoms with Gasteiger partial charge in [0.2, 0.25) is 0 Å². The zero-order valence-corrected chi connectivity index (χ0v) is 11.9. The van der Waals surface area contributed by atoms with Crippen LogP contribution in [0.2, 0.25) is 0 Å². The molecule has 4 N–H and O–H groups in total. The Bertz CT molecular complexity index is 854. The van der Waals surface area contributed by atoms with Crippen molar-refractivity contribution in [3.63, 3.8) is 0 Å². The van der Waals surface area contributed by atoms with Gasteiger partial charge in [-0.1, -0.05) is 0 Å². The van der Waals surface area contributed by atoms with Crippen molar-refractivity contribution in [2.75, 3.05) is 10.7 Å². The van der Waals surface area contributed by atoms with Crippen molar-refractivity contribution in [3.8, 4) is 5.75 Å². The topological polar surface area (TPSA) is 111 Å². The lowest BCUT2D eigenvalue weighted by molar-refractivity contribution is -0.274. The van der Waals surface area contributed by atoms with Crippen LogP contribution in [0.15, 0.2) is 36.9 Å². The van der Waals surface area contributed by atoms with Gasteiger partial charge in [0, 0.05) is 5.69 Å². The summed E-state index contributed by atoms with van der Waals surface area (Å²) in [5, 5.41) is 2.94. The molecular weight excluding hydrogens is 327 g/mol. The Balaban J connectivity index is 1.88. The lowest BCUT2D eigenvalue weighted by Crippen LogP contribution is -2.17. The van der Waals surface area contributed by atoms with Gasteiger partial charge in [0.05, 0.1) is 0 Å². The van der Waals surface area contributed by atoms with E-state index in [1.54, 1.807) is 0 Å². The van der Waals surface area contributed by atoms with Gasteiger partial charge in [0.25, 0.3) is 0 Å². The summed E-state index contributed by atoms with van der Waals surface area (Å²) >= 11 is 0. The standard InChI is InChI=1S/C13H10F3N7O/c14-13(15,16)24-8-3-1-7(2-4-8)22-11-9-10(19-5-20-11)12(23-17)21-6-18-9/h1-6H,17H2,(H,18,21,23)(H,19,20,22). The lowest BCUT2D eigenvalue weighted by Gasteiger charge is -2.11. The van der Waals surface area contributed by atoms with Gasteiger partial charge in [-0.15, -0.1) is 13.2 Å². The Morgan fingerprint density at radius 1 is 0.875 bits per heavy atom. The number of fused-ring (bicyclic) bond motifs is 1. The predicted molar refractivity (Wildman–Crippen MR) is 79.3 cm³/mol. The van der Waals surface area contributed by atoms with Gasteiger partial charge >= 0.3 is 6.36 Å². The highest BCUT2D eigenvalue weighted by Crippen LogP contribution is 2.27. The van der Waals surface area contributed by atoms with Crippen molar-refractivity contribution in [1.82, 2.24) is 19.9 Å². The molecule has 3 rings (SSSR count). The quantitative estimate of drug-likeness (QED) is 0.491. The van der Waals surface area contributed by atoms with E-state index in [1.165, 1.54) is 36.9 Å². The molecule has 0 atom stereocenters. The molecule has 0 amide bonds. The minimum absolute atomic E-state index is 0.319. The molecular formula is C13H10F3N7O. The van der Waals surface area contributed by atoms with Gasteiger partial charge in [-0.05, 0) is 24.3 Å². The van der Waals surface area contributed by atoms with E-state index >= 15 is 0 Å². The SMILES string of the molecule is NNc1ncnc2c(Nc3ccc(OC(F)(F)F)cc3)ncnc12. The molecule has 0 fully saturated rings. The first-order valence-electron chi connectivity index (χ1n) is 6.51. The number of aromatic nitrogens is 4. The molecule has 2 heterocycles. The average molecular weight is 337 g/mol. The van der Waals surface area contributed by atoms with Crippen LogP contribution in [-0.2, 0) is 0 Å². The number of alkyl halides is 3. The van der Waals surface area contributed by atoms with Crippen molar-refractivity contribution in [2.24, 2.45) is 5.84 Å². The number of rotatable bonds is 4. The van der Waals surface area contributed by atoms with Crippen LogP contribution in [0.25, 0.3) is 11.0 Å². The maximum absolute atomic E-state index is 12.1. The van der Waals surface area contributed by atoms with Crippen molar-refractivity contribution < 1.29 is 17.9 Å². The molecule has 0 saturated carbocycles. The number of ether oxygens (including phenoxy) is 1. The summed E-state index contributed by atoms with van der Waals surface area (Å²) in [4.78, 5) is 16.1. The maximum atomic E-state index is 12.1. The van der Waals surface area contributed by atoms with Gasteiger partial charge in [-0.2, -0.15) is 0 Å². The summed E-state index contributed by atoms with van der Waals surface area (Å²) in [5.74, 6) is 5.71. The van der Waals surface area contributed by atoms with E-state index < -0.39 is 6.36 Å². The van der Waals surface area contributed by atoms with Crippen molar-refractivity contribution in [1.29, 1.82) is 0 Å². The maximum Gasteiger partial charge on any atom is 0.573 e. The minimum atomic E-state index is -4.74. The number of nitrogen functional groups attached to an aromatic ring is 1. The monoisotopic (exact) mass is 337 g/mol. The number of hydrogen-bond acceptors (Lipinski definition) is 8. The van der Waals surface area contributed by atoms with Gasteiger partial charge in [-0.25, -0.2) is 25.8 Å². The zero-order valence-electron chi connectivity index (χ0n) is 11.9. The highest BCUT2D eigenvalue weighted by atomic mass is 19.4. The molecule has 0 aliphatic rings. The Labute approximate surface area is 132 Å². The van der Waals surface area contributed by atoms with Crippen molar-refractivity contribution in [3.05, 3.63) is 36.9 Å². The summed E-state index contributed by atoms with van der Waals surface area (Å²) in [6.45, 7) is 0. The molecule has 1 aromatic carbocycles. The summed E-state index contributed by atoms with van der Waals surface area (Å²) in [6, 6.07) is 5.19. The number of nitrogens with zero attached hydrogens (tertiary/aromatic N) is 4. The number of nitrogens with two attached hydrogens (primary N) is 1. The van der Waals surface area contributed by atoms with Crippen LogP contribution in [-0.4, -0.2) is 26.3 Å². The Hall–Kier alpha value is -3.21. The normalized spacial score (nSPS) is 11.3. The van der Waals surface area contributed by atoms with Gasteiger partial charge < -0.3 is 15.5 Å². The summed E-state index contributed by atoms with van der Waals surface area (Å²) in [5.41, 5.74) is 3.69. The molecule has 124 valence electrons. The number of nitrogens with one attached hydrogen (secondary N) is 2. The fourth-order valence-corrected chi connectivity index (χ4v) is 1.95. The number of benzene rings is 1. The molecule has 0 unspecified atom stereocenters. The molecule has 24 heavy (non-hydrogen) atoms. The molecule has 0 bridgehead atoms. The minimum Gasteiger partial charge on any atom is -0.406 e. The largest absolute Gasteiger partial charge is 0.573 e. The molecule has 0 spiro atoms. The third-order valence-corrected chi connectivity index (χ3v) is 2.91. The smallest absolute Gasteiger partial charge is 0.406 e. The Kier molecular flexibility index (Phi) is 4.00. The van der Waals surface area contributed by atoms with Crippen LogP contribution in [0.4, 0.5) is 30.5 Å². The number of anilines is 3. The zero-order chi connectivity index (χ0) is 17.2. The van der Waals surface area contributed by atoms with Crippen LogP contribution >= 0.6 is 0 Å². The van der Waals surface area contributed by atoms with Crippen LogP contribution in [0.1, 0.15) is 0 Å². The molecule has 8 nitrogen and oxygen atoms in total. The van der Waals surface area contributed by atoms with E-state index in [0.29, 0.717) is 28.4 Å². The molecule has 11 heteroatoms. The second-order valence-corrected chi connectivity index (χ2v) is 4.48. The van der Waals surface area contributed by atoms with Crippen LogP contribution in [0.5, 0.6) is 5.75 Å². The number of hydrazine groups is 1. The van der Waals surface area contributed by atoms with E-state index in [0.717, 1.165) is 0 Å². The molecule has 3 aromatic rings.